The van der Waals surface area contributed by atoms with Crippen molar-refractivity contribution in [3.63, 3.8) is 0 Å². The fourth-order valence-electron chi connectivity index (χ4n) is 3.76. The van der Waals surface area contributed by atoms with Crippen molar-refractivity contribution in [2.45, 2.75) is 64.3 Å². The summed E-state index contributed by atoms with van der Waals surface area (Å²) in [6.45, 7) is 5.40. The molecule has 1 saturated carbocycles. The molecule has 1 aliphatic heterocycles. The van der Waals surface area contributed by atoms with Crippen molar-refractivity contribution in [2.24, 2.45) is 5.92 Å². The van der Waals surface area contributed by atoms with E-state index in [0.29, 0.717) is 13.2 Å². The van der Waals surface area contributed by atoms with Crippen LogP contribution in [0.2, 0.25) is 0 Å². The minimum absolute atomic E-state index is 0.181. The van der Waals surface area contributed by atoms with Gasteiger partial charge in [0.15, 0.2) is 0 Å². The average Bonchev–Trinajstić information content (AvgIpc) is 3.07. The maximum atomic E-state index is 12.0. The third-order valence-corrected chi connectivity index (χ3v) is 5.11. The molecule has 2 amide bonds. The monoisotopic (exact) mass is 339 g/mol. The number of nitrogens with one attached hydrogen (secondary N) is 2. The normalized spacial score (nSPS) is 21.7. The van der Waals surface area contributed by atoms with Crippen LogP contribution >= 0.6 is 0 Å². The van der Waals surface area contributed by atoms with Crippen LogP contribution < -0.4 is 10.6 Å². The molecule has 1 saturated heterocycles. The molecule has 0 aromatic heterocycles. The van der Waals surface area contributed by atoms with E-state index in [9.17, 15) is 9.59 Å². The van der Waals surface area contributed by atoms with E-state index in [0.717, 1.165) is 51.7 Å². The molecule has 1 unspecified atom stereocenters. The average molecular weight is 339 g/mol. The van der Waals surface area contributed by atoms with Crippen LogP contribution in [0.3, 0.4) is 0 Å². The van der Waals surface area contributed by atoms with Crippen LogP contribution in [0.25, 0.3) is 0 Å². The summed E-state index contributed by atoms with van der Waals surface area (Å²) in [6.07, 6.45) is 8.61. The first-order valence-electron chi connectivity index (χ1n) is 9.64. The van der Waals surface area contributed by atoms with Crippen molar-refractivity contribution in [3.05, 3.63) is 0 Å². The fourth-order valence-corrected chi connectivity index (χ4v) is 3.76. The second kappa shape index (κ2) is 10.5. The molecule has 0 spiro atoms. The number of hydrogen-bond donors (Lipinski definition) is 2. The molecule has 2 aliphatic rings. The topological polar surface area (TPSA) is 70.7 Å². The Hall–Kier alpha value is -1.30. The minimum Gasteiger partial charge on any atom is -0.450 e. The Balaban J connectivity index is 1.53. The molecule has 24 heavy (non-hydrogen) atoms. The lowest BCUT2D eigenvalue weighted by atomic mass is 9.89. The van der Waals surface area contributed by atoms with Crippen LogP contribution in [0.4, 0.5) is 4.79 Å². The molecule has 138 valence electrons. The maximum Gasteiger partial charge on any atom is 0.409 e. The third kappa shape index (κ3) is 5.96. The third-order valence-electron chi connectivity index (χ3n) is 5.11. The Morgan fingerprint density at radius 3 is 2.58 bits per heavy atom. The van der Waals surface area contributed by atoms with Gasteiger partial charge in [-0.05, 0) is 45.6 Å². The van der Waals surface area contributed by atoms with Gasteiger partial charge < -0.3 is 20.3 Å². The van der Waals surface area contributed by atoms with E-state index in [1.54, 1.807) is 0 Å². The van der Waals surface area contributed by atoms with Gasteiger partial charge in [0, 0.05) is 31.6 Å². The van der Waals surface area contributed by atoms with Crippen LogP contribution in [0.5, 0.6) is 0 Å². The summed E-state index contributed by atoms with van der Waals surface area (Å²) in [5.74, 6) is 0.455. The molecule has 1 atom stereocenters. The highest BCUT2D eigenvalue weighted by Crippen LogP contribution is 2.23. The zero-order valence-electron chi connectivity index (χ0n) is 15.0. The molecule has 2 fully saturated rings. The van der Waals surface area contributed by atoms with Crippen molar-refractivity contribution >= 4 is 12.0 Å². The van der Waals surface area contributed by atoms with Gasteiger partial charge in [0.25, 0.3) is 0 Å². The largest absolute Gasteiger partial charge is 0.450 e. The van der Waals surface area contributed by atoms with E-state index in [-0.39, 0.29) is 24.0 Å². The highest BCUT2D eigenvalue weighted by atomic mass is 16.6. The SMILES string of the molecule is CCOC(=O)N1CCCC1CCNCCNC(=O)C1CCCCC1. The standard InChI is InChI=1S/C18H33N3O3/c1-2-24-18(23)21-14-6-9-16(21)10-11-19-12-13-20-17(22)15-7-4-3-5-8-15/h15-16,19H,2-14H2,1H3,(H,20,22). The van der Waals surface area contributed by atoms with Crippen molar-refractivity contribution in [3.8, 4) is 0 Å². The van der Waals surface area contributed by atoms with Crippen molar-refractivity contribution < 1.29 is 14.3 Å². The smallest absolute Gasteiger partial charge is 0.409 e. The van der Waals surface area contributed by atoms with Crippen molar-refractivity contribution in [1.29, 1.82) is 0 Å². The second-order valence-electron chi connectivity index (χ2n) is 6.85. The Bertz CT molecular complexity index is 397. The van der Waals surface area contributed by atoms with E-state index in [1.807, 2.05) is 11.8 Å². The molecule has 2 N–H and O–H groups in total. The number of amides is 2. The van der Waals surface area contributed by atoms with E-state index in [1.165, 1.54) is 19.3 Å². The predicted molar refractivity (Wildman–Crippen MR) is 93.8 cm³/mol. The number of carbonyl (C=O) groups excluding carboxylic acids is 2. The van der Waals surface area contributed by atoms with Gasteiger partial charge in [-0.1, -0.05) is 19.3 Å². The highest BCUT2D eigenvalue weighted by Gasteiger charge is 2.29. The van der Waals surface area contributed by atoms with Crippen molar-refractivity contribution in [1.82, 2.24) is 15.5 Å². The minimum atomic E-state index is -0.181. The van der Waals surface area contributed by atoms with E-state index in [2.05, 4.69) is 10.6 Å². The summed E-state index contributed by atoms with van der Waals surface area (Å²) in [5.41, 5.74) is 0. The second-order valence-corrected chi connectivity index (χ2v) is 6.85. The molecule has 0 aromatic carbocycles. The quantitative estimate of drug-likeness (QED) is 0.666. The first-order chi connectivity index (χ1) is 11.7. The van der Waals surface area contributed by atoms with Gasteiger partial charge >= 0.3 is 6.09 Å². The lowest BCUT2D eigenvalue weighted by Gasteiger charge is -2.24. The first kappa shape index (κ1) is 19.0. The molecule has 1 aliphatic carbocycles. The summed E-state index contributed by atoms with van der Waals surface area (Å²) in [4.78, 5) is 25.7. The summed E-state index contributed by atoms with van der Waals surface area (Å²) < 4.78 is 5.10. The number of nitrogens with zero attached hydrogens (tertiary/aromatic N) is 1. The molecule has 1 heterocycles. The first-order valence-corrected chi connectivity index (χ1v) is 9.64. The van der Waals surface area contributed by atoms with Gasteiger partial charge in [-0.15, -0.1) is 0 Å². The fraction of sp³-hybridized carbons (Fsp3) is 0.889. The van der Waals surface area contributed by atoms with Gasteiger partial charge in [-0.2, -0.15) is 0 Å². The van der Waals surface area contributed by atoms with E-state index >= 15 is 0 Å². The van der Waals surface area contributed by atoms with Gasteiger partial charge in [-0.25, -0.2) is 4.79 Å². The Morgan fingerprint density at radius 2 is 1.83 bits per heavy atom. The Morgan fingerprint density at radius 1 is 1.04 bits per heavy atom. The number of rotatable bonds is 8. The van der Waals surface area contributed by atoms with Gasteiger partial charge in [0.1, 0.15) is 0 Å². The summed E-state index contributed by atoms with van der Waals surface area (Å²) in [7, 11) is 0. The van der Waals surface area contributed by atoms with Gasteiger partial charge in [0.2, 0.25) is 5.91 Å². The van der Waals surface area contributed by atoms with Gasteiger partial charge in [-0.3, -0.25) is 4.79 Å². The van der Waals surface area contributed by atoms with Crippen molar-refractivity contribution in [2.75, 3.05) is 32.8 Å². The molecule has 6 heteroatoms. The van der Waals surface area contributed by atoms with Crippen LogP contribution in [0.15, 0.2) is 0 Å². The molecule has 6 nitrogen and oxygen atoms in total. The lowest BCUT2D eigenvalue weighted by Crippen LogP contribution is -2.39. The summed E-state index contributed by atoms with van der Waals surface area (Å²) in [5, 5.41) is 6.41. The van der Waals surface area contributed by atoms with Crippen LogP contribution in [-0.2, 0) is 9.53 Å². The summed E-state index contributed by atoms with van der Waals surface area (Å²) >= 11 is 0. The Kier molecular flexibility index (Phi) is 8.36. The molecular weight excluding hydrogens is 306 g/mol. The van der Waals surface area contributed by atoms with E-state index < -0.39 is 0 Å². The molecule has 0 radical (unpaired) electrons. The van der Waals surface area contributed by atoms with Gasteiger partial charge in [0.05, 0.1) is 6.61 Å². The lowest BCUT2D eigenvalue weighted by molar-refractivity contribution is -0.125. The zero-order chi connectivity index (χ0) is 17.2. The molecule has 2 rings (SSSR count). The van der Waals surface area contributed by atoms with Crippen LogP contribution in [0.1, 0.15) is 58.3 Å². The number of ether oxygens (including phenoxy) is 1. The number of carbonyl (C=O) groups is 2. The summed E-state index contributed by atoms with van der Waals surface area (Å²) in [6, 6.07) is 0.286. The molecular formula is C18H33N3O3. The van der Waals surface area contributed by atoms with E-state index in [4.69, 9.17) is 4.74 Å². The maximum absolute atomic E-state index is 12.0. The molecule has 0 bridgehead atoms. The predicted octanol–water partition coefficient (Wildman–Crippen LogP) is 2.28. The van der Waals surface area contributed by atoms with Crippen LogP contribution in [-0.4, -0.2) is 55.7 Å². The zero-order valence-corrected chi connectivity index (χ0v) is 15.0. The molecule has 0 aromatic rings. The number of likely N-dealkylation sites (tertiary alicyclic amines) is 1. The Labute approximate surface area is 145 Å². The number of hydrogen-bond acceptors (Lipinski definition) is 4. The van der Waals surface area contributed by atoms with Crippen LogP contribution in [0, 0.1) is 5.92 Å². The highest BCUT2D eigenvalue weighted by molar-refractivity contribution is 5.78.